The molecule has 0 saturated heterocycles. The highest BCUT2D eigenvalue weighted by Gasteiger charge is 2.61. The number of halogens is 1. The molecule has 0 spiro atoms. The van der Waals surface area contributed by atoms with Gasteiger partial charge in [-0.15, -0.1) is 0 Å². The van der Waals surface area contributed by atoms with Gasteiger partial charge in [-0.25, -0.2) is 4.39 Å². The molecule has 5 atom stereocenters. The summed E-state index contributed by atoms with van der Waals surface area (Å²) in [5.41, 5.74) is -0.400. The third-order valence-electron chi connectivity index (χ3n) is 4.62. The summed E-state index contributed by atoms with van der Waals surface area (Å²) in [4.78, 5) is 0. The molecule has 1 nitrogen and oxygen atoms in total. The first kappa shape index (κ1) is 7.98. The number of hydrogen-bond acceptors (Lipinski definition) is 1. The van der Waals surface area contributed by atoms with E-state index in [1.807, 2.05) is 0 Å². The predicted octanol–water partition coefficient (Wildman–Crippen LogP) is 2.27. The Morgan fingerprint density at radius 3 is 3.00 bits per heavy atom. The minimum atomic E-state index is -1.61. The minimum absolute atomic E-state index is 0.339. The van der Waals surface area contributed by atoms with Crippen LogP contribution in [0.1, 0.15) is 25.7 Å². The van der Waals surface area contributed by atoms with Crippen molar-refractivity contribution in [1.29, 1.82) is 0 Å². The molecule has 3 aliphatic rings. The Kier molecular flexibility index (Phi) is 1.44. The van der Waals surface area contributed by atoms with Crippen LogP contribution in [-0.4, -0.2) is 11.5 Å². The van der Waals surface area contributed by atoms with Crippen LogP contribution in [0.15, 0.2) is 12.2 Å². The first-order valence-corrected chi connectivity index (χ1v) is 5.24. The van der Waals surface area contributed by atoms with Gasteiger partial charge < -0.3 is 5.11 Å². The largest absolute Gasteiger partial charge is 0.364 e. The normalized spacial score (nSPS) is 54.2. The van der Waals surface area contributed by atoms with E-state index in [1.54, 1.807) is 0 Å². The summed E-state index contributed by atoms with van der Waals surface area (Å²) in [6, 6.07) is 0. The summed E-state index contributed by atoms with van der Waals surface area (Å²) in [5, 5.41) is 9.33. The Hall–Kier alpha value is -0.370. The molecule has 0 radical (unpaired) electrons. The lowest BCUT2D eigenvalue weighted by atomic mass is 9.67. The number of allylic oxidation sites excluding steroid dienone is 2. The highest BCUT2D eigenvalue weighted by Crippen LogP contribution is 2.65. The number of aliphatic hydroxyl groups excluding tert-OH is 1. The van der Waals surface area contributed by atoms with Crippen LogP contribution < -0.4 is 0 Å². The molecule has 3 rings (SSSR count). The maximum Gasteiger partial charge on any atom is 0.203 e. The summed E-state index contributed by atoms with van der Waals surface area (Å²) in [5.74, 6) is 1.44. The summed E-state index contributed by atoms with van der Waals surface area (Å²) in [6.45, 7) is 0. The number of rotatable bonds is 1. The summed E-state index contributed by atoms with van der Waals surface area (Å²) in [6.07, 6.45) is 6.89. The minimum Gasteiger partial charge on any atom is -0.364 e. The van der Waals surface area contributed by atoms with Gasteiger partial charge in [0.25, 0.3) is 0 Å². The molecule has 2 heteroatoms. The predicted molar refractivity (Wildman–Crippen MR) is 47.6 cm³/mol. The molecule has 72 valence electrons. The Labute approximate surface area is 77.6 Å². The van der Waals surface area contributed by atoms with Gasteiger partial charge in [-0.05, 0) is 43.4 Å². The van der Waals surface area contributed by atoms with E-state index in [2.05, 4.69) is 12.2 Å². The summed E-state index contributed by atoms with van der Waals surface area (Å²) < 4.78 is 13.3. The van der Waals surface area contributed by atoms with Crippen LogP contribution in [0.25, 0.3) is 0 Å². The van der Waals surface area contributed by atoms with E-state index >= 15 is 0 Å². The highest BCUT2D eigenvalue weighted by molar-refractivity contribution is 5.20. The van der Waals surface area contributed by atoms with Gasteiger partial charge in [0.1, 0.15) is 0 Å². The molecule has 0 aromatic rings. The van der Waals surface area contributed by atoms with Crippen LogP contribution in [-0.2, 0) is 0 Å². The van der Waals surface area contributed by atoms with Crippen LogP contribution in [0.2, 0.25) is 0 Å². The third-order valence-corrected chi connectivity index (χ3v) is 4.62. The number of fused-ring (bicyclic) bond motifs is 5. The van der Waals surface area contributed by atoms with Gasteiger partial charge in [0.15, 0.2) is 0 Å². The second-order valence-electron chi connectivity index (χ2n) is 4.88. The topological polar surface area (TPSA) is 20.2 Å². The Morgan fingerprint density at radius 2 is 2.31 bits per heavy atom. The van der Waals surface area contributed by atoms with Gasteiger partial charge in [-0.3, -0.25) is 0 Å². The Morgan fingerprint density at radius 1 is 1.46 bits per heavy atom. The van der Waals surface area contributed by atoms with Crippen molar-refractivity contribution in [2.45, 2.75) is 32.0 Å². The first-order valence-electron chi connectivity index (χ1n) is 5.24. The van der Waals surface area contributed by atoms with Gasteiger partial charge in [-0.2, -0.15) is 0 Å². The van der Waals surface area contributed by atoms with Crippen molar-refractivity contribution in [3.05, 3.63) is 12.2 Å². The van der Waals surface area contributed by atoms with Gasteiger partial charge in [0.05, 0.1) is 0 Å². The van der Waals surface area contributed by atoms with Crippen molar-refractivity contribution in [2.24, 2.45) is 23.2 Å². The average Bonchev–Trinajstić information content (AvgIpc) is 2.76. The van der Waals surface area contributed by atoms with E-state index in [0.717, 1.165) is 19.3 Å². The van der Waals surface area contributed by atoms with Crippen LogP contribution >= 0.6 is 0 Å². The molecule has 5 unspecified atom stereocenters. The molecule has 0 aromatic heterocycles. The molecule has 0 amide bonds. The lowest BCUT2D eigenvalue weighted by molar-refractivity contribution is -0.114. The van der Waals surface area contributed by atoms with Crippen LogP contribution in [0.3, 0.4) is 0 Å². The molecular formula is C11H15FO. The number of alkyl halides is 1. The fourth-order valence-corrected chi connectivity index (χ4v) is 4.05. The molecule has 1 N–H and O–H groups in total. The highest BCUT2D eigenvalue weighted by atomic mass is 19.1. The standard InChI is InChI=1S/C11H15FO/c12-10(13)11-5-1-2-9(11)7-3-4-8(11)6-7/h1-2,7-10,13H,3-6H2. The van der Waals surface area contributed by atoms with Crippen LogP contribution in [0, 0.1) is 23.2 Å². The van der Waals surface area contributed by atoms with Crippen LogP contribution in [0.5, 0.6) is 0 Å². The maximum absolute atomic E-state index is 13.3. The van der Waals surface area contributed by atoms with Crippen molar-refractivity contribution in [2.75, 3.05) is 0 Å². The number of aliphatic hydroxyl groups is 1. The second-order valence-corrected chi connectivity index (χ2v) is 4.88. The van der Waals surface area contributed by atoms with E-state index in [9.17, 15) is 9.50 Å². The first-order chi connectivity index (χ1) is 6.25. The molecule has 3 aliphatic carbocycles. The molecule has 2 bridgehead atoms. The van der Waals surface area contributed by atoms with Gasteiger partial charge in [-0.1, -0.05) is 12.2 Å². The average molecular weight is 182 g/mol. The van der Waals surface area contributed by atoms with E-state index in [-0.39, 0.29) is 0 Å². The summed E-state index contributed by atoms with van der Waals surface area (Å²) in [7, 11) is 0. The van der Waals surface area contributed by atoms with Crippen LogP contribution in [0.4, 0.5) is 4.39 Å². The van der Waals surface area contributed by atoms with Crippen molar-refractivity contribution >= 4 is 0 Å². The zero-order chi connectivity index (χ0) is 9.05. The van der Waals surface area contributed by atoms with E-state index in [4.69, 9.17) is 0 Å². The van der Waals surface area contributed by atoms with E-state index in [1.165, 1.54) is 6.42 Å². The van der Waals surface area contributed by atoms with E-state index < -0.39 is 11.8 Å². The molecule has 2 fully saturated rings. The molecular weight excluding hydrogens is 167 g/mol. The van der Waals surface area contributed by atoms with Crippen molar-refractivity contribution in [3.63, 3.8) is 0 Å². The van der Waals surface area contributed by atoms with Crippen molar-refractivity contribution in [1.82, 2.24) is 0 Å². The smallest absolute Gasteiger partial charge is 0.203 e. The molecule has 0 aromatic carbocycles. The number of hydrogen-bond donors (Lipinski definition) is 1. The molecule has 0 aliphatic heterocycles. The van der Waals surface area contributed by atoms with Gasteiger partial charge in [0, 0.05) is 5.41 Å². The Bertz CT molecular complexity index is 261. The maximum atomic E-state index is 13.3. The quantitative estimate of drug-likeness (QED) is 0.617. The van der Waals surface area contributed by atoms with E-state index in [0.29, 0.717) is 17.8 Å². The fraction of sp³-hybridized carbons (Fsp3) is 0.818. The molecule has 13 heavy (non-hydrogen) atoms. The third kappa shape index (κ3) is 0.762. The zero-order valence-electron chi connectivity index (χ0n) is 7.62. The summed E-state index contributed by atoms with van der Waals surface area (Å²) >= 11 is 0. The lowest BCUT2D eigenvalue weighted by Crippen LogP contribution is -2.41. The van der Waals surface area contributed by atoms with Crippen molar-refractivity contribution in [3.8, 4) is 0 Å². The lowest BCUT2D eigenvalue weighted by Gasteiger charge is -2.39. The second kappa shape index (κ2) is 2.35. The van der Waals surface area contributed by atoms with Gasteiger partial charge >= 0.3 is 0 Å². The SMILES string of the molecule is OC(F)C12CC=CC1C1CCC2C1. The molecule has 0 heterocycles. The fourth-order valence-electron chi connectivity index (χ4n) is 4.05. The monoisotopic (exact) mass is 182 g/mol. The van der Waals surface area contributed by atoms with Gasteiger partial charge in [0.2, 0.25) is 6.36 Å². The molecule has 2 saturated carbocycles. The zero-order valence-corrected chi connectivity index (χ0v) is 7.62. The van der Waals surface area contributed by atoms with Crippen molar-refractivity contribution < 1.29 is 9.50 Å². The Balaban J connectivity index is 2.02.